The summed E-state index contributed by atoms with van der Waals surface area (Å²) in [6, 6.07) is 10.2. The van der Waals surface area contributed by atoms with E-state index < -0.39 is 17.3 Å². The number of carbonyl (C=O) groups is 1. The van der Waals surface area contributed by atoms with Gasteiger partial charge >= 0.3 is 0 Å². The largest absolute Gasteiger partial charge is 0.450 e. The first-order valence-corrected chi connectivity index (χ1v) is 10.5. The molecule has 1 saturated heterocycles. The minimum atomic E-state index is -0.621. The molecule has 0 spiro atoms. The normalized spacial score (nSPS) is 19.2. The average Bonchev–Trinajstić information content (AvgIpc) is 3.06. The van der Waals surface area contributed by atoms with Crippen LogP contribution in [0.25, 0.3) is 11.0 Å². The molecule has 6 nitrogen and oxygen atoms in total. The van der Waals surface area contributed by atoms with Gasteiger partial charge in [0, 0.05) is 31.2 Å². The van der Waals surface area contributed by atoms with E-state index in [1.54, 1.807) is 29.2 Å². The molecule has 3 heterocycles. The number of benzene rings is 2. The molecule has 8 heteroatoms. The molecule has 0 bridgehead atoms. The van der Waals surface area contributed by atoms with E-state index >= 15 is 0 Å². The Morgan fingerprint density at radius 1 is 1.03 bits per heavy atom. The van der Waals surface area contributed by atoms with Crippen LogP contribution in [0.15, 0.2) is 51.7 Å². The van der Waals surface area contributed by atoms with Gasteiger partial charge in [-0.25, -0.2) is 4.39 Å². The van der Waals surface area contributed by atoms with Crippen LogP contribution < -0.4 is 5.43 Å². The summed E-state index contributed by atoms with van der Waals surface area (Å²) in [6.07, 6.45) is 0. The molecular formula is C23H20ClFN2O4. The number of morpholine rings is 1. The minimum Gasteiger partial charge on any atom is -0.450 e. The van der Waals surface area contributed by atoms with Crippen LogP contribution in [0.3, 0.4) is 0 Å². The number of ether oxygens (including phenoxy) is 1. The van der Waals surface area contributed by atoms with Crippen LogP contribution in [0.4, 0.5) is 4.39 Å². The number of hydrogen-bond acceptors (Lipinski definition) is 5. The van der Waals surface area contributed by atoms with Crippen molar-refractivity contribution in [1.29, 1.82) is 0 Å². The highest BCUT2D eigenvalue weighted by atomic mass is 35.5. The molecule has 0 radical (unpaired) electrons. The van der Waals surface area contributed by atoms with Crippen molar-refractivity contribution >= 4 is 28.5 Å². The van der Waals surface area contributed by atoms with Crippen molar-refractivity contribution < 1.29 is 18.3 Å². The second-order valence-electron chi connectivity index (χ2n) is 7.72. The summed E-state index contributed by atoms with van der Waals surface area (Å²) in [5.74, 6) is -0.853. The van der Waals surface area contributed by atoms with Crippen LogP contribution in [-0.2, 0) is 4.74 Å². The van der Waals surface area contributed by atoms with Gasteiger partial charge in [0.1, 0.15) is 11.4 Å². The Bertz CT molecular complexity index is 1200. The van der Waals surface area contributed by atoms with E-state index in [-0.39, 0.29) is 28.2 Å². The van der Waals surface area contributed by atoms with Gasteiger partial charge in [-0.2, -0.15) is 0 Å². The maximum absolute atomic E-state index is 13.8. The molecule has 1 amide bonds. The highest BCUT2D eigenvalue weighted by molar-refractivity contribution is 6.30. The zero-order valence-electron chi connectivity index (χ0n) is 16.6. The molecule has 0 N–H and O–H groups in total. The fourth-order valence-corrected chi connectivity index (χ4v) is 4.41. The first-order chi connectivity index (χ1) is 15.0. The zero-order valence-corrected chi connectivity index (χ0v) is 17.4. The highest BCUT2D eigenvalue weighted by Crippen LogP contribution is 2.38. The predicted octanol–water partition coefficient (Wildman–Crippen LogP) is 3.46. The summed E-state index contributed by atoms with van der Waals surface area (Å²) in [5, 5.41) is 0.682. The lowest BCUT2D eigenvalue weighted by Gasteiger charge is -2.31. The van der Waals surface area contributed by atoms with E-state index in [1.165, 1.54) is 12.1 Å². The van der Waals surface area contributed by atoms with E-state index in [0.29, 0.717) is 31.3 Å². The average molecular weight is 443 g/mol. The minimum absolute atomic E-state index is 0.0195. The topological polar surface area (TPSA) is 63.0 Å². The molecule has 160 valence electrons. The Morgan fingerprint density at radius 2 is 1.77 bits per heavy atom. The Kier molecular flexibility index (Phi) is 5.25. The van der Waals surface area contributed by atoms with Gasteiger partial charge in [0.25, 0.3) is 5.91 Å². The quantitative estimate of drug-likeness (QED) is 0.619. The van der Waals surface area contributed by atoms with Gasteiger partial charge in [0.05, 0.1) is 30.2 Å². The Labute approximate surface area is 182 Å². The lowest BCUT2D eigenvalue weighted by atomic mass is 9.98. The molecule has 31 heavy (non-hydrogen) atoms. The Hall–Kier alpha value is -2.74. The smallest absolute Gasteiger partial charge is 0.290 e. The summed E-state index contributed by atoms with van der Waals surface area (Å²) < 4.78 is 25.0. The number of carbonyl (C=O) groups excluding carboxylic acids is 1. The summed E-state index contributed by atoms with van der Waals surface area (Å²) in [7, 11) is 0. The number of halogens is 2. The molecular weight excluding hydrogens is 423 g/mol. The molecule has 0 unspecified atom stereocenters. The lowest BCUT2D eigenvalue weighted by Crippen LogP contribution is -2.42. The third-order valence-electron chi connectivity index (χ3n) is 5.87. The SMILES string of the molecule is O=C1c2oc3ccc(F)cc3c(=O)c2[C@H](c2ccc(Cl)cc2)N1CCN1CCOCC1. The van der Waals surface area contributed by atoms with E-state index in [9.17, 15) is 14.0 Å². The lowest BCUT2D eigenvalue weighted by molar-refractivity contribution is 0.0314. The molecule has 2 aliphatic rings. The highest BCUT2D eigenvalue weighted by Gasteiger charge is 2.42. The Balaban J connectivity index is 1.60. The second kappa shape index (κ2) is 8.07. The summed E-state index contributed by atoms with van der Waals surface area (Å²) in [6.45, 7) is 3.97. The third-order valence-corrected chi connectivity index (χ3v) is 6.13. The van der Waals surface area contributed by atoms with Crippen LogP contribution in [0.5, 0.6) is 0 Å². The maximum atomic E-state index is 13.8. The standard InChI is InChI=1S/C23H20ClFN2O4/c24-15-3-1-14(2-4-15)20-19-21(28)17-13-16(25)5-6-18(17)31-22(19)23(29)27(20)8-7-26-9-11-30-12-10-26/h1-6,13,20H,7-12H2/t20-/m0/s1. The molecule has 2 aromatic carbocycles. The van der Waals surface area contributed by atoms with Crippen molar-refractivity contribution in [2.75, 3.05) is 39.4 Å². The van der Waals surface area contributed by atoms with Crippen LogP contribution >= 0.6 is 11.6 Å². The summed E-state index contributed by atoms with van der Waals surface area (Å²) >= 11 is 6.05. The van der Waals surface area contributed by atoms with Gasteiger partial charge in [0.15, 0.2) is 5.43 Å². The summed E-state index contributed by atoms with van der Waals surface area (Å²) in [5.41, 5.74) is 0.801. The number of hydrogen-bond donors (Lipinski definition) is 0. The number of nitrogens with zero attached hydrogens (tertiary/aromatic N) is 2. The van der Waals surface area contributed by atoms with Crippen LogP contribution in [0, 0.1) is 5.82 Å². The van der Waals surface area contributed by atoms with Crippen molar-refractivity contribution in [1.82, 2.24) is 9.80 Å². The summed E-state index contributed by atoms with van der Waals surface area (Å²) in [4.78, 5) is 30.6. The van der Waals surface area contributed by atoms with Crippen LogP contribution in [-0.4, -0.2) is 55.1 Å². The first-order valence-electron chi connectivity index (χ1n) is 10.2. The van der Waals surface area contributed by atoms with Gasteiger partial charge in [-0.3, -0.25) is 14.5 Å². The van der Waals surface area contributed by atoms with Gasteiger partial charge in [-0.15, -0.1) is 0 Å². The second-order valence-corrected chi connectivity index (χ2v) is 8.16. The van der Waals surface area contributed by atoms with Crippen LogP contribution in [0.1, 0.15) is 27.7 Å². The van der Waals surface area contributed by atoms with Gasteiger partial charge in [-0.1, -0.05) is 23.7 Å². The number of fused-ring (bicyclic) bond motifs is 2. The van der Waals surface area contributed by atoms with E-state index in [1.807, 2.05) is 0 Å². The predicted molar refractivity (Wildman–Crippen MR) is 114 cm³/mol. The molecule has 1 fully saturated rings. The molecule has 0 saturated carbocycles. The molecule has 5 rings (SSSR count). The van der Waals surface area contributed by atoms with Crippen molar-refractivity contribution in [2.24, 2.45) is 0 Å². The van der Waals surface area contributed by atoms with E-state index in [2.05, 4.69) is 4.90 Å². The van der Waals surface area contributed by atoms with Crippen molar-refractivity contribution in [3.8, 4) is 0 Å². The van der Waals surface area contributed by atoms with Crippen molar-refractivity contribution in [3.63, 3.8) is 0 Å². The van der Waals surface area contributed by atoms with E-state index in [4.69, 9.17) is 20.8 Å². The molecule has 2 aliphatic heterocycles. The molecule has 1 aromatic heterocycles. The van der Waals surface area contributed by atoms with Crippen molar-refractivity contribution in [2.45, 2.75) is 6.04 Å². The third kappa shape index (κ3) is 3.63. The van der Waals surface area contributed by atoms with Crippen molar-refractivity contribution in [3.05, 3.63) is 80.4 Å². The monoisotopic (exact) mass is 442 g/mol. The fraction of sp³-hybridized carbons (Fsp3) is 0.304. The first kappa shape index (κ1) is 20.2. The van der Waals surface area contributed by atoms with E-state index in [0.717, 1.165) is 24.7 Å². The van der Waals surface area contributed by atoms with Gasteiger partial charge in [-0.05, 0) is 35.9 Å². The Morgan fingerprint density at radius 3 is 2.52 bits per heavy atom. The molecule has 0 aliphatic carbocycles. The van der Waals surface area contributed by atoms with Gasteiger partial charge in [0.2, 0.25) is 5.76 Å². The number of rotatable bonds is 4. The molecule has 1 atom stereocenters. The maximum Gasteiger partial charge on any atom is 0.290 e. The van der Waals surface area contributed by atoms with Gasteiger partial charge < -0.3 is 14.1 Å². The molecule has 3 aromatic rings. The fourth-order valence-electron chi connectivity index (χ4n) is 4.29. The zero-order chi connectivity index (χ0) is 21.5. The van der Waals surface area contributed by atoms with Crippen LogP contribution in [0.2, 0.25) is 5.02 Å². The number of amides is 1.